The number of halogens is 1. The van der Waals surface area contributed by atoms with Gasteiger partial charge < -0.3 is 0 Å². The topological polar surface area (TPSA) is 0 Å². The molecule has 0 bridgehead atoms. The van der Waals surface area contributed by atoms with Gasteiger partial charge in [0.15, 0.2) is 0 Å². The molecule has 0 spiro atoms. The van der Waals surface area contributed by atoms with E-state index in [1.54, 1.807) is 0 Å². The van der Waals surface area contributed by atoms with Gasteiger partial charge in [-0.05, 0) is 29.9 Å². The van der Waals surface area contributed by atoms with E-state index in [1.807, 2.05) is 12.1 Å². The first-order valence-corrected chi connectivity index (χ1v) is 6.10. The van der Waals surface area contributed by atoms with Crippen LogP contribution >= 0.6 is 11.6 Å². The first-order chi connectivity index (χ1) is 6.97. The number of hydrogen-bond acceptors (Lipinski definition) is 0. The molecule has 0 heterocycles. The monoisotopic (exact) mass is 222 g/mol. The standard InChI is InChI=1S/C14H19Cl/c1-13(2,3)14(9-6-10-14)11-7-4-5-8-12(11)15/h4-5,7-8H,6,9-10H2,1-3H3. The number of rotatable bonds is 1. The lowest BCUT2D eigenvalue weighted by molar-refractivity contribution is 0.0853. The highest BCUT2D eigenvalue weighted by Crippen LogP contribution is 2.56. The van der Waals surface area contributed by atoms with Gasteiger partial charge in [0, 0.05) is 10.4 Å². The molecule has 1 aromatic carbocycles. The summed E-state index contributed by atoms with van der Waals surface area (Å²) in [4.78, 5) is 0. The minimum absolute atomic E-state index is 0.302. The molecule has 0 nitrogen and oxygen atoms in total. The highest BCUT2D eigenvalue weighted by Gasteiger charge is 2.48. The quantitative estimate of drug-likeness (QED) is 0.640. The van der Waals surface area contributed by atoms with Crippen LogP contribution in [0.15, 0.2) is 24.3 Å². The minimum Gasteiger partial charge on any atom is -0.0840 e. The van der Waals surface area contributed by atoms with Crippen LogP contribution < -0.4 is 0 Å². The summed E-state index contributed by atoms with van der Waals surface area (Å²) in [6.45, 7) is 6.99. The fourth-order valence-electron chi connectivity index (χ4n) is 2.80. The molecule has 15 heavy (non-hydrogen) atoms. The fourth-order valence-corrected chi connectivity index (χ4v) is 3.12. The van der Waals surface area contributed by atoms with Gasteiger partial charge >= 0.3 is 0 Å². The van der Waals surface area contributed by atoms with Gasteiger partial charge in [-0.25, -0.2) is 0 Å². The van der Waals surface area contributed by atoms with Crippen LogP contribution in [0.5, 0.6) is 0 Å². The Morgan fingerprint density at radius 2 is 1.73 bits per heavy atom. The molecular formula is C14H19Cl. The van der Waals surface area contributed by atoms with Crippen molar-refractivity contribution in [2.45, 2.75) is 45.4 Å². The predicted octanol–water partition coefficient (Wildman–Crippen LogP) is 4.81. The van der Waals surface area contributed by atoms with Crippen LogP contribution in [-0.4, -0.2) is 0 Å². The van der Waals surface area contributed by atoms with E-state index in [2.05, 4.69) is 32.9 Å². The van der Waals surface area contributed by atoms with Crippen LogP contribution in [0.1, 0.15) is 45.6 Å². The van der Waals surface area contributed by atoms with E-state index < -0.39 is 0 Å². The van der Waals surface area contributed by atoms with Crippen molar-refractivity contribution in [1.29, 1.82) is 0 Å². The van der Waals surface area contributed by atoms with E-state index in [0.717, 1.165) is 5.02 Å². The van der Waals surface area contributed by atoms with E-state index in [1.165, 1.54) is 24.8 Å². The highest BCUT2D eigenvalue weighted by atomic mass is 35.5. The van der Waals surface area contributed by atoms with E-state index in [-0.39, 0.29) is 0 Å². The van der Waals surface area contributed by atoms with Gasteiger partial charge in [-0.1, -0.05) is 57.0 Å². The van der Waals surface area contributed by atoms with Crippen molar-refractivity contribution in [1.82, 2.24) is 0 Å². The third-order valence-corrected chi connectivity index (χ3v) is 4.36. The second-order valence-corrected chi connectivity index (χ2v) is 6.07. The summed E-state index contributed by atoms with van der Waals surface area (Å²) in [6, 6.07) is 8.34. The second kappa shape index (κ2) is 3.52. The highest BCUT2D eigenvalue weighted by molar-refractivity contribution is 6.31. The van der Waals surface area contributed by atoms with Crippen LogP contribution in [0.2, 0.25) is 5.02 Å². The second-order valence-electron chi connectivity index (χ2n) is 5.67. The Morgan fingerprint density at radius 3 is 2.13 bits per heavy atom. The lowest BCUT2D eigenvalue weighted by Crippen LogP contribution is -2.46. The van der Waals surface area contributed by atoms with Gasteiger partial charge in [0.2, 0.25) is 0 Å². The first kappa shape index (κ1) is 11.0. The molecule has 0 radical (unpaired) electrons. The normalized spacial score (nSPS) is 19.7. The van der Waals surface area contributed by atoms with Crippen molar-refractivity contribution in [3.05, 3.63) is 34.9 Å². The summed E-state index contributed by atoms with van der Waals surface area (Å²) in [6.07, 6.45) is 3.89. The van der Waals surface area contributed by atoms with Gasteiger partial charge in [0.25, 0.3) is 0 Å². The molecule has 0 aromatic heterocycles. The molecule has 0 amide bonds. The molecular weight excluding hydrogens is 204 g/mol. The maximum atomic E-state index is 6.33. The molecule has 0 N–H and O–H groups in total. The Balaban J connectivity index is 2.48. The van der Waals surface area contributed by atoms with E-state index in [9.17, 15) is 0 Å². The predicted molar refractivity (Wildman–Crippen MR) is 66.4 cm³/mol. The van der Waals surface area contributed by atoms with Crippen LogP contribution in [0.25, 0.3) is 0 Å². The zero-order valence-electron chi connectivity index (χ0n) is 9.81. The third kappa shape index (κ3) is 1.59. The summed E-state index contributed by atoms with van der Waals surface area (Å²) in [5.41, 5.74) is 1.96. The van der Waals surface area contributed by atoms with Gasteiger partial charge in [-0.2, -0.15) is 0 Å². The molecule has 82 valence electrons. The largest absolute Gasteiger partial charge is 0.0840 e. The Morgan fingerprint density at radius 1 is 1.13 bits per heavy atom. The molecule has 1 aliphatic carbocycles. The van der Waals surface area contributed by atoms with E-state index in [4.69, 9.17) is 11.6 Å². The van der Waals surface area contributed by atoms with Crippen molar-refractivity contribution >= 4 is 11.6 Å². The lowest BCUT2D eigenvalue weighted by atomic mass is 9.52. The molecule has 0 saturated heterocycles. The summed E-state index contributed by atoms with van der Waals surface area (Å²) in [5.74, 6) is 0. The van der Waals surface area contributed by atoms with Crippen molar-refractivity contribution in [2.75, 3.05) is 0 Å². The summed E-state index contributed by atoms with van der Waals surface area (Å²) >= 11 is 6.33. The SMILES string of the molecule is CC(C)(C)C1(c2ccccc2Cl)CCC1. The van der Waals surface area contributed by atoms with Crippen LogP contribution in [-0.2, 0) is 5.41 Å². The summed E-state index contributed by atoms with van der Waals surface area (Å²) < 4.78 is 0. The van der Waals surface area contributed by atoms with Gasteiger partial charge in [-0.3, -0.25) is 0 Å². The Kier molecular flexibility index (Phi) is 2.58. The van der Waals surface area contributed by atoms with Crippen molar-refractivity contribution in [3.63, 3.8) is 0 Å². The summed E-state index contributed by atoms with van der Waals surface area (Å²) in [7, 11) is 0. The van der Waals surface area contributed by atoms with E-state index >= 15 is 0 Å². The smallest absolute Gasteiger partial charge is 0.0443 e. The molecule has 1 aliphatic rings. The zero-order chi connectivity index (χ0) is 11.1. The fraction of sp³-hybridized carbons (Fsp3) is 0.571. The van der Waals surface area contributed by atoms with Gasteiger partial charge in [0.05, 0.1) is 0 Å². The van der Waals surface area contributed by atoms with Gasteiger partial charge in [0.1, 0.15) is 0 Å². The summed E-state index contributed by atoms with van der Waals surface area (Å²) in [5, 5.41) is 0.937. The maximum absolute atomic E-state index is 6.33. The first-order valence-electron chi connectivity index (χ1n) is 5.72. The average Bonchev–Trinajstić information content (AvgIpc) is 2.03. The Labute approximate surface area is 97.6 Å². The molecule has 1 saturated carbocycles. The van der Waals surface area contributed by atoms with Crippen molar-refractivity contribution in [2.24, 2.45) is 5.41 Å². The molecule has 0 atom stereocenters. The molecule has 1 fully saturated rings. The lowest BCUT2D eigenvalue weighted by Gasteiger charge is -2.52. The van der Waals surface area contributed by atoms with Crippen LogP contribution in [0.4, 0.5) is 0 Å². The van der Waals surface area contributed by atoms with Crippen LogP contribution in [0.3, 0.4) is 0 Å². The number of benzene rings is 1. The zero-order valence-corrected chi connectivity index (χ0v) is 10.6. The number of hydrogen-bond donors (Lipinski definition) is 0. The Hall–Kier alpha value is -0.490. The molecule has 1 heteroatoms. The van der Waals surface area contributed by atoms with Crippen LogP contribution in [0, 0.1) is 5.41 Å². The average molecular weight is 223 g/mol. The molecule has 0 unspecified atom stereocenters. The molecule has 2 rings (SSSR count). The maximum Gasteiger partial charge on any atom is 0.0443 e. The van der Waals surface area contributed by atoms with Crippen molar-refractivity contribution in [3.8, 4) is 0 Å². The van der Waals surface area contributed by atoms with E-state index in [0.29, 0.717) is 10.8 Å². The third-order valence-electron chi connectivity index (χ3n) is 4.03. The minimum atomic E-state index is 0.302. The Bertz CT molecular complexity index is 356. The van der Waals surface area contributed by atoms with Gasteiger partial charge in [-0.15, -0.1) is 0 Å². The molecule has 0 aliphatic heterocycles. The van der Waals surface area contributed by atoms with Crippen molar-refractivity contribution < 1.29 is 0 Å². The molecule has 1 aromatic rings.